The Labute approximate surface area is 185 Å². The maximum Gasteiger partial charge on any atom is 0.262 e. The van der Waals surface area contributed by atoms with Crippen LogP contribution in [-0.4, -0.2) is 33.7 Å². The number of fused-ring (bicyclic) bond motifs is 1. The number of carbonyl (C=O) groups is 2. The highest BCUT2D eigenvalue weighted by Crippen LogP contribution is 2.21. The largest absolute Gasteiger partial charge is 0.346 e. The van der Waals surface area contributed by atoms with Gasteiger partial charge in [0.2, 0.25) is 11.8 Å². The summed E-state index contributed by atoms with van der Waals surface area (Å²) in [6.45, 7) is 7.51. The molecule has 7 nitrogen and oxygen atoms in total. The SMILES string of the molecule is Cc1cccc(C)c1NC(=O)CNC(=O)CSc1nc2ccccc2c(=O)n1C(C)C. The van der Waals surface area contributed by atoms with Crippen molar-refractivity contribution >= 4 is 40.2 Å². The molecule has 1 aromatic heterocycles. The standard InChI is InChI=1S/C23H26N4O3S/c1-14(2)27-22(30)17-10-5-6-11-18(17)25-23(27)31-13-20(29)24-12-19(28)26-21-15(3)8-7-9-16(21)4/h5-11,14H,12-13H2,1-4H3,(H,24,29)(H,26,28). The number of benzene rings is 2. The lowest BCUT2D eigenvalue weighted by Gasteiger charge is -2.16. The van der Waals surface area contributed by atoms with E-state index in [-0.39, 0.29) is 35.7 Å². The minimum absolute atomic E-state index is 0.0498. The lowest BCUT2D eigenvalue weighted by atomic mass is 10.1. The van der Waals surface area contributed by atoms with Crippen LogP contribution < -0.4 is 16.2 Å². The van der Waals surface area contributed by atoms with E-state index in [9.17, 15) is 14.4 Å². The maximum atomic E-state index is 12.8. The number of para-hydroxylation sites is 2. The number of carbonyl (C=O) groups excluding carboxylic acids is 2. The van der Waals surface area contributed by atoms with E-state index < -0.39 is 0 Å². The molecule has 3 rings (SSSR count). The maximum absolute atomic E-state index is 12.8. The summed E-state index contributed by atoms with van der Waals surface area (Å²) in [5.74, 6) is -0.549. The van der Waals surface area contributed by atoms with Crippen molar-refractivity contribution < 1.29 is 9.59 Å². The summed E-state index contributed by atoms with van der Waals surface area (Å²) in [5.41, 5.74) is 3.16. The molecule has 0 atom stereocenters. The Bertz CT molecular complexity index is 1170. The molecule has 0 aliphatic heterocycles. The van der Waals surface area contributed by atoms with Gasteiger partial charge >= 0.3 is 0 Å². The van der Waals surface area contributed by atoms with Crippen LogP contribution in [0.4, 0.5) is 5.69 Å². The summed E-state index contributed by atoms with van der Waals surface area (Å²) in [6, 6.07) is 12.8. The highest BCUT2D eigenvalue weighted by Gasteiger charge is 2.16. The Balaban J connectivity index is 1.63. The van der Waals surface area contributed by atoms with Gasteiger partial charge in [0.15, 0.2) is 5.16 Å². The van der Waals surface area contributed by atoms with Gasteiger partial charge in [0.1, 0.15) is 0 Å². The molecule has 2 N–H and O–H groups in total. The number of amides is 2. The molecule has 8 heteroatoms. The molecule has 2 amide bonds. The minimum atomic E-state index is -0.306. The van der Waals surface area contributed by atoms with E-state index in [0.29, 0.717) is 16.1 Å². The van der Waals surface area contributed by atoms with Crippen LogP contribution in [0, 0.1) is 13.8 Å². The van der Waals surface area contributed by atoms with Crippen molar-refractivity contribution in [2.75, 3.05) is 17.6 Å². The zero-order chi connectivity index (χ0) is 22.5. The fourth-order valence-corrected chi connectivity index (χ4v) is 4.20. The summed E-state index contributed by atoms with van der Waals surface area (Å²) in [7, 11) is 0. The summed E-state index contributed by atoms with van der Waals surface area (Å²) in [5, 5.41) is 6.50. The number of hydrogen-bond acceptors (Lipinski definition) is 5. The van der Waals surface area contributed by atoms with Crippen LogP contribution in [0.25, 0.3) is 10.9 Å². The summed E-state index contributed by atoms with van der Waals surface area (Å²) < 4.78 is 1.59. The third-order valence-corrected chi connectivity index (χ3v) is 5.77. The van der Waals surface area contributed by atoms with Crippen molar-refractivity contribution in [2.45, 2.75) is 38.9 Å². The average molecular weight is 439 g/mol. The summed E-state index contributed by atoms with van der Waals surface area (Å²) >= 11 is 1.18. The molecule has 0 bridgehead atoms. The van der Waals surface area contributed by atoms with Gasteiger partial charge in [-0.3, -0.25) is 19.0 Å². The van der Waals surface area contributed by atoms with Crippen LogP contribution in [-0.2, 0) is 9.59 Å². The Morgan fingerprint density at radius 1 is 1.03 bits per heavy atom. The molecule has 0 radical (unpaired) electrons. The Kier molecular flexibility index (Phi) is 7.12. The summed E-state index contributed by atoms with van der Waals surface area (Å²) in [4.78, 5) is 42.0. The van der Waals surface area contributed by atoms with Gasteiger partial charge in [0.05, 0.1) is 23.2 Å². The molecule has 2 aromatic carbocycles. The molecule has 0 spiro atoms. The van der Waals surface area contributed by atoms with Crippen LogP contribution in [0.3, 0.4) is 0 Å². The number of anilines is 1. The Morgan fingerprint density at radius 2 is 1.71 bits per heavy atom. The van der Waals surface area contributed by atoms with E-state index in [0.717, 1.165) is 16.8 Å². The van der Waals surface area contributed by atoms with E-state index >= 15 is 0 Å². The number of aryl methyl sites for hydroxylation is 2. The van der Waals surface area contributed by atoms with E-state index in [2.05, 4.69) is 15.6 Å². The number of thioether (sulfide) groups is 1. The predicted molar refractivity (Wildman–Crippen MR) is 125 cm³/mol. The van der Waals surface area contributed by atoms with Gasteiger partial charge in [-0.2, -0.15) is 0 Å². The van der Waals surface area contributed by atoms with Crippen molar-refractivity contribution in [3.05, 3.63) is 63.9 Å². The second kappa shape index (κ2) is 9.78. The molecule has 1 heterocycles. The molecule has 0 aliphatic carbocycles. The van der Waals surface area contributed by atoms with E-state index in [4.69, 9.17) is 0 Å². The fraction of sp³-hybridized carbons (Fsp3) is 0.304. The first-order valence-corrected chi connectivity index (χ1v) is 11.0. The number of nitrogens with zero attached hydrogens (tertiary/aromatic N) is 2. The smallest absolute Gasteiger partial charge is 0.262 e. The molecular formula is C23H26N4O3S. The molecule has 0 fully saturated rings. The second-order valence-electron chi connectivity index (χ2n) is 7.56. The van der Waals surface area contributed by atoms with Crippen LogP contribution in [0.1, 0.15) is 31.0 Å². The third kappa shape index (κ3) is 5.32. The van der Waals surface area contributed by atoms with Crippen molar-refractivity contribution in [3.63, 3.8) is 0 Å². The highest BCUT2D eigenvalue weighted by atomic mass is 32.2. The topological polar surface area (TPSA) is 93.1 Å². The molecule has 3 aromatic rings. The predicted octanol–water partition coefficient (Wildman–Crippen LogP) is 3.44. The average Bonchev–Trinajstić information content (AvgIpc) is 2.73. The van der Waals surface area contributed by atoms with Crippen molar-refractivity contribution in [1.29, 1.82) is 0 Å². The number of hydrogen-bond donors (Lipinski definition) is 2. The van der Waals surface area contributed by atoms with Gasteiger partial charge < -0.3 is 10.6 Å². The molecular weight excluding hydrogens is 412 g/mol. The quantitative estimate of drug-likeness (QED) is 0.435. The van der Waals surface area contributed by atoms with Crippen LogP contribution in [0.5, 0.6) is 0 Å². The molecule has 0 saturated carbocycles. The van der Waals surface area contributed by atoms with E-state index in [1.165, 1.54) is 11.8 Å². The van der Waals surface area contributed by atoms with Crippen LogP contribution >= 0.6 is 11.8 Å². The van der Waals surface area contributed by atoms with Gasteiger partial charge in [0, 0.05) is 11.7 Å². The van der Waals surface area contributed by atoms with Gasteiger partial charge in [-0.15, -0.1) is 0 Å². The number of rotatable bonds is 7. The van der Waals surface area contributed by atoms with Gasteiger partial charge in [-0.25, -0.2) is 4.98 Å². The van der Waals surface area contributed by atoms with Crippen LogP contribution in [0.2, 0.25) is 0 Å². The molecule has 31 heavy (non-hydrogen) atoms. The fourth-order valence-electron chi connectivity index (χ4n) is 3.24. The Morgan fingerprint density at radius 3 is 2.39 bits per heavy atom. The molecule has 162 valence electrons. The van der Waals surface area contributed by atoms with Crippen molar-refractivity contribution in [1.82, 2.24) is 14.9 Å². The highest BCUT2D eigenvalue weighted by molar-refractivity contribution is 7.99. The number of nitrogens with one attached hydrogen (secondary N) is 2. The second-order valence-corrected chi connectivity index (χ2v) is 8.50. The lowest BCUT2D eigenvalue weighted by Crippen LogP contribution is -2.34. The Hall–Kier alpha value is -3.13. The molecule has 0 aliphatic rings. The van der Waals surface area contributed by atoms with Gasteiger partial charge in [-0.1, -0.05) is 42.1 Å². The monoisotopic (exact) mass is 438 g/mol. The molecule has 0 saturated heterocycles. The minimum Gasteiger partial charge on any atom is -0.346 e. The zero-order valence-electron chi connectivity index (χ0n) is 18.1. The van der Waals surface area contributed by atoms with Crippen LogP contribution in [0.15, 0.2) is 52.4 Å². The zero-order valence-corrected chi connectivity index (χ0v) is 18.9. The van der Waals surface area contributed by atoms with Crippen molar-refractivity contribution in [2.24, 2.45) is 0 Å². The van der Waals surface area contributed by atoms with Gasteiger partial charge in [-0.05, 0) is 51.0 Å². The summed E-state index contributed by atoms with van der Waals surface area (Å²) in [6.07, 6.45) is 0. The molecule has 0 unspecified atom stereocenters. The normalized spacial score (nSPS) is 11.0. The number of aromatic nitrogens is 2. The first-order chi connectivity index (χ1) is 14.8. The van der Waals surface area contributed by atoms with E-state index in [1.807, 2.05) is 52.0 Å². The first kappa shape index (κ1) is 22.6. The van der Waals surface area contributed by atoms with Gasteiger partial charge in [0.25, 0.3) is 5.56 Å². The lowest BCUT2D eigenvalue weighted by molar-refractivity contribution is -0.122. The third-order valence-electron chi connectivity index (χ3n) is 4.82. The van der Waals surface area contributed by atoms with E-state index in [1.54, 1.807) is 22.8 Å². The first-order valence-electron chi connectivity index (χ1n) is 10.0. The van der Waals surface area contributed by atoms with Crippen molar-refractivity contribution in [3.8, 4) is 0 Å².